The zero-order valence-electron chi connectivity index (χ0n) is 11.5. The molecule has 0 saturated carbocycles. The van der Waals surface area contributed by atoms with Crippen molar-refractivity contribution in [3.05, 3.63) is 71.3 Å². The van der Waals surface area contributed by atoms with E-state index in [1.54, 1.807) is 6.92 Å². The van der Waals surface area contributed by atoms with Crippen LogP contribution in [0, 0.1) is 0 Å². The predicted octanol–water partition coefficient (Wildman–Crippen LogP) is 2.99. The van der Waals surface area contributed by atoms with Crippen molar-refractivity contribution in [2.45, 2.75) is 18.8 Å². The average molecular weight is 270 g/mol. The van der Waals surface area contributed by atoms with Crippen molar-refractivity contribution in [1.29, 1.82) is 0 Å². The minimum Gasteiger partial charge on any atom is -0.381 e. The van der Waals surface area contributed by atoms with Crippen molar-refractivity contribution in [2.75, 3.05) is 13.2 Å². The Morgan fingerprint density at radius 3 is 2.05 bits per heavy atom. The maximum atomic E-state index is 10.8. The Morgan fingerprint density at radius 1 is 0.900 bits per heavy atom. The van der Waals surface area contributed by atoms with Gasteiger partial charge in [0.05, 0.1) is 13.2 Å². The van der Waals surface area contributed by atoms with Crippen molar-refractivity contribution in [2.24, 2.45) is 0 Å². The van der Waals surface area contributed by atoms with Crippen LogP contribution in [-0.2, 0) is 15.1 Å². The quantitative estimate of drug-likeness (QED) is 0.932. The zero-order valence-corrected chi connectivity index (χ0v) is 11.5. The Kier molecular flexibility index (Phi) is 3.57. The number of hydrogen-bond acceptors (Lipinski definition) is 3. The van der Waals surface area contributed by atoms with Crippen molar-refractivity contribution in [1.82, 2.24) is 0 Å². The van der Waals surface area contributed by atoms with Gasteiger partial charge in [-0.1, -0.05) is 54.6 Å². The lowest BCUT2D eigenvalue weighted by Gasteiger charge is -2.25. The molecule has 1 aliphatic rings. The van der Waals surface area contributed by atoms with Crippen LogP contribution in [0.4, 0.5) is 0 Å². The number of rotatable bonds is 3. The Labute approximate surface area is 118 Å². The van der Waals surface area contributed by atoms with Gasteiger partial charge in [-0.15, -0.1) is 0 Å². The summed E-state index contributed by atoms with van der Waals surface area (Å²) in [4.78, 5) is 0. The molecular weight excluding hydrogens is 252 g/mol. The van der Waals surface area contributed by atoms with E-state index in [9.17, 15) is 5.11 Å². The summed E-state index contributed by atoms with van der Waals surface area (Å²) in [6.45, 7) is 3.07. The summed E-state index contributed by atoms with van der Waals surface area (Å²) in [5, 5.41) is 10.8. The van der Waals surface area contributed by atoms with E-state index in [0.29, 0.717) is 13.2 Å². The van der Waals surface area contributed by atoms with Crippen molar-refractivity contribution in [3.63, 3.8) is 0 Å². The molecule has 1 aliphatic heterocycles. The van der Waals surface area contributed by atoms with E-state index in [1.165, 1.54) is 0 Å². The second-order valence-corrected chi connectivity index (χ2v) is 5.13. The Bertz CT molecular complexity index is 555. The van der Waals surface area contributed by atoms with Gasteiger partial charge in [-0.05, 0) is 18.1 Å². The second kappa shape index (κ2) is 5.37. The highest BCUT2D eigenvalue weighted by Gasteiger charge is 2.26. The molecule has 0 amide bonds. The minimum atomic E-state index is -1.00. The predicted molar refractivity (Wildman–Crippen MR) is 76.2 cm³/mol. The summed E-state index contributed by atoms with van der Waals surface area (Å²) in [6.07, 6.45) is -0.272. The first-order chi connectivity index (χ1) is 9.68. The fourth-order valence-electron chi connectivity index (χ4n) is 2.45. The standard InChI is InChI=1S/C17H18O3/c1-17(18,14-5-3-2-4-6-14)15-9-7-13(8-10-15)16-19-11-12-20-16/h2-10,16,18H,11-12H2,1H3. The molecule has 1 heterocycles. The summed E-state index contributed by atoms with van der Waals surface area (Å²) in [5.41, 5.74) is 1.71. The molecule has 1 fully saturated rings. The van der Waals surface area contributed by atoms with E-state index in [2.05, 4.69) is 0 Å². The first-order valence-corrected chi connectivity index (χ1v) is 6.79. The SMILES string of the molecule is CC(O)(c1ccccc1)c1ccc(C2OCCO2)cc1. The van der Waals surface area contributed by atoms with Crippen molar-refractivity contribution in [3.8, 4) is 0 Å². The van der Waals surface area contributed by atoms with Crippen LogP contribution in [0.3, 0.4) is 0 Å². The lowest BCUT2D eigenvalue weighted by molar-refractivity contribution is -0.0441. The first-order valence-electron chi connectivity index (χ1n) is 6.79. The van der Waals surface area contributed by atoms with Gasteiger partial charge in [0, 0.05) is 5.56 Å². The zero-order chi connectivity index (χ0) is 14.0. The van der Waals surface area contributed by atoms with E-state index in [-0.39, 0.29) is 6.29 Å². The summed E-state index contributed by atoms with van der Waals surface area (Å²) < 4.78 is 10.9. The molecule has 3 nitrogen and oxygen atoms in total. The van der Waals surface area contributed by atoms with Crippen LogP contribution in [0.15, 0.2) is 54.6 Å². The van der Waals surface area contributed by atoms with Crippen molar-refractivity contribution < 1.29 is 14.6 Å². The van der Waals surface area contributed by atoms with E-state index >= 15 is 0 Å². The Morgan fingerprint density at radius 2 is 1.45 bits per heavy atom. The van der Waals surface area contributed by atoms with Gasteiger partial charge in [-0.2, -0.15) is 0 Å². The maximum Gasteiger partial charge on any atom is 0.184 e. The third-order valence-electron chi connectivity index (χ3n) is 3.70. The lowest BCUT2D eigenvalue weighted by atomic mass is 9.88. The average Bonchev–Trinajstić information content (AvgIpc) is 3.02. The summed E-state index contributed by atoms with van der Waals surface area (Å²) in [6, 6.07) is 17.4. The van der Waals surface area contributed by atoms with Crippen LogP contribution >= 0.6 is 0 Å². The molecule has 2 aromatic rings. The van der Waals surface area contributed by atoms with Gasteiger partial charge < -0.3 is 14.6 Å². The van der Waals surface area contributed by atoms with Gasteiger partial charge in [0.25, 0.3) is 0 Å². The molecule has 0 spiro atoms. The van der Waals surface area contributed by atoms with Crippen molar-refractivity contribution >= 4 is 0 Å². The van der Waals surface area contributed by atoms with E-state index in [4.69, 9.17) is 9.47 Å². The van der Waals surface area contributed by atoms with E-state index in [0.717, 1.165) is 16.7 Å². The number of aliphatic hydroxyl groups is 1. The molecule has 1 N–H and O–H groups in total. The molecule has 0 aromatic heterocycles. The van der Waals surface area contributed by atoms with E-state index in [1.807, 2.05) is 54.6 Å². The summed E-state index contributed by atoms with van der Waals surface area (Å²) in [5.74, 6) is 0. The second-order valence-electron chi connectivity index (χ2n) is 5.13. The Hall–Kier alpha value is -1.68. The van der Waals surface area contributed by atoms with Gasteiger partial charge in [-0.3, -0.25) is 0 Å². The Balaban J connectivity index is 1.86. The van der Waals surface area contributed by atoms with Gasteiger partial charge in [0.1, 0.15) is 5.60 Å². The van der Waals surface area contributed by atoms with Crippen LogP contribution in [0.1, 0.15) is 29.9 Å². The number of ether oxygens (including phenoxy) is 2. The normalized spacial score (nSPS) is 18.9. The number of benzene rings is 2. The minimum absolute atomic E-state index is 0.272. The molecule has 1 atom stereocenters. The smallest absolute Gasteiger partial charge is 0.184 e. The van der Waals surface area contributed by atoms with Crippen LogP contribution < -0.4 is 0 Å². The van der Waals surface area contributed by atoms with Crippen LogP contribution in [-0.4, -0.2) is 18.3 Å². The third-order valence-corrected chi connectivity index (χ3v) is 3.70. The fraction of sp³-hybridized carbons (Fsp3) is 0.294. The lowest BCUT2D eigenvalue weighted by Crippen LogP contribution is -2.22. The summed E-state index contributed by atoms with van der Waals surface area (Å²) >= 11 is 0. The largest absolute Gasteiger partial charge is 0.381 e. The topological polar surface area (TPSA) is 38.7 Å². The van der Waals surface area contributed by atoms with Gasteiger partial charge in [0.2, 0.25) is 0 Å². The molecule has 3 rings (SSSR count). The van der Waals surface area contributed by atoms with E-state index < -0.39 is 5.60 Å². The molecule has 1 saturated heterocycles. The molecule has 104 valence electrons. The van der Waals surface area contributed by atoms with Gasteiger partial charge >= 0.3 is 0 Å². The highest BCUT2D eigenvalue weighted by Crippen LogP contribution is 2.31. The highest BCUT2D eigenvalue weighted by molar-refractivity contribution is 5.36. The van der Waals surface area contributed by atoms with Crippen LogP contribution in [0.2, 0.25) is 0 Å². The third kappa shape index (κ3) is 2.48. The van der Waals surface area contributed by atoms with Gasteiger partial charge in [-0.25, -0.2) is 0 Å². The fourth-order valence-corrected chi connectivity index (χ4v) is 2.45. The molecule has 0 aliphatic carbocycles. The molecule has 20 heavy (non-hydrogen) atoms. The molecule has 2 aromatic carbocycles. The highest BCUT2D eigenvalue weighted by atomic mass is 16.7. The van der Waals surface area contributed by atoms with Crippen LogP contribution in [0.5, 0.6) is 0 Å². The van der Waals surface area contributed by atoms with Gasteiger partial charge in [0.15, 0.2) is 6.29 Å². The molecule has 3 heteroatoms. The molecule has 1 unspecified atom stereocenters. The maximum absolute atomic E-state index is 10.8. The van der Waals surface area contributed by atoms with Crippen LogP contribution in [0.25, 0.3) is 0 Å². The molecule has 0 bridgehead atoms. The summed E-state index contributed by atoms with van der Waals surface area (Å²) in [7, 11) is 0. The first kappa shape index (κ1) is 13.3. The molecular formula is C17H18O3. The number of hydrogen-bond donors (Lipinski definition) is 1. The monoisotopic (exact) mass is 270 g/mol. The molecule has 0 radical (unpaired) electrons.